The number of sulfone groups is 1. The van der Waals surface area contributed by atoms with Gasteiger partial charge in [-0.3, -0.25) is 4.79 Å². The van der Waals surface area contributed by atoms with Crippen molar-refractivity contribution in [3.8, 4) is 0 Å². The quantitative estimate of drug-likeness (QED) is 0.707. The van der Waals surface area contributed by atoms with Crippen LogP contribution in [0.15, 0.2) is 47.4 Å². The van der Waals surface area contributed by atoms with E-state index in [0.29, 0.717) is 10.7 Å². The number of aryl methyl sites for hydroxylation is 1. The van der Waals surface area contributed by atoms with Crippen LogP contribution in [0.4, 0.5) is 5.69 Å². The summed E-state index contributed by atoms with van der Waals surface area (Å²) in [6.45, 7) is 1.92. The number of benzene rings is 2. The molecule has 0 atom stereocenters. The SMILES string of the molecule is Cc1nc2cc(NC(=O)CCS(=O)(=O)c3ccc(Cl)cc3)ccc2s1. The maximum Gasteiger partial charge on any atom is 0.225 e. The van der Waals surface area contributed by atoms with Gasteiger partial charge in [-0.1, -0.05) is 11.6 Å². The van der Waals surface area contributed by atoms with Crippen molar-refractivity contribution in [1.82, 2.24) is 4.98 Å². The van der Waals surface area contributed by atoms with Gasteiger partial charge >= 0.3 is 0 Å². The second-order valence-corrected chi connectivity index (χ2v) is 9.27. The Bertz CT molecular complexity index is 1030. The van der Waals surface area contributed by atoms with Crippen LogP contribution >= 0.6 is 22.9 Å². The molecule has 2 aromatic carbocycles. The van der Waals surface area contributed by atoms with Crippen molar-refractivity contribution in [2.45, 2.75) is 18.2 Å². The summed E-state index contributed by atoms with van der Waals surface area (Å²) >= 11 is 7.34. The van der Waals surface area contributed by atoms with E-state index in [9.17, 15) is 13.2 Å². The molecular weight excluding hydrogens is 380 g/mol. The van der Waals surface area contributed by atoms with E-state index in [1.807, 2.05) is 13.0 Å². The number of aromatic nitrogens is 1. The molecule has 1 aromatic heterocycles. The van der Waals surface area contributed by atoms with Crippen molar-refractivity contribution in [3.63, 3.8) is 0 Å². The number of fused-ring (bicyclic) bond motifs is 1. The molecule has 0 fully saturated rings. The number of thiazole rings is 1. The monoisotopic (exact) mass is 394 g/mol. The summed E-state index contributed by atoms with van der Waals surface area (Å²) < 4.78 is 25.5. The third kappa shape index (κ3) is 4.36. The number of carbonyl (C=O) groups is 1. The molecule has 0 saturated carbocycles. The molecule has 0 saturated heterocycles. The van der Waals surface area contributed by atoms with Crippen molar-refractivity contribution in [2.24, 2.45) is 0 Å². The second kappa shape index (κ2) is 7.11. The molecule has 1 N–H and O–H groups in total. The van der Waals surface area contributed by atoms with Crippen LogP contribution in [0.5, 0.6) is 0 Å². The molecule has 0 aliphatic carbocycles. The van der Waals surface area contributed by atoms with E-state index < -0.39 is 9.84 Å². The molecule has 3 rings (SSSR count). The minimum atomic E-state index is -3.53. The van der Waals surface area contributed by atoms with Gasteiger partial charge in [0.15, 0.2) is 9.84 Å². The number of hydrogen-bond acceptors (Lipinski definition) is 5. The van der Waals surface area contributed by atoms with Crippen LogP contribution < -0.4 is 5.32 Å². The zero-order chi connectivity index (χ0) is 18.0. The summed E-state index contributed by atoms with van der Waals surface area (Å²) in [7, 11) is -3.53. The Hall–Kier alpha value is -1.96. The average Bonchev–Trinajstić information content (AvgIpc) is 2.93. The highest BCUT2D eigenvalue weighted by Crippen LogP contribution is 2.24. The molecule has 0 spiro atoms. The Labute approximate surface area is 154 Å². The highest BCUT2D eigenvalue weighted by Gasteiger charge is 2.16. The Morgan fingerprint density at radius 2 is 1.92 bits per heavy atom. The van der Waals surface area contributed by atoms with Crippen molar-refractivity contribution in [1.29, 1.82) is 0 Å². The Morgan fingerprint density at radius 1 is 1.20 bits per heavy atom. The molecule has 130 valence electrons. The second-order valence-electron chi connectivity index (χ2n) is 5.49. The van der Waals surface area contributed by atoms with Crippen LogP contribution in [0.2, 0.25) is 5.02 Å². The number of rotatable bonds is 5. The molecule has 8 heteroatoms. The summed E-state index contributed by atoms with van der Waals surface area (Å²) in [5.74, 6) is -0.623. The Kier molecular flexibility index (Phi) is 5.08. The first-order valence-electron chi connectivity index (χ1n) is 7.49. The molecule has 0 radical (unpaired) electrons. The topological polar surface area (TPSA) is 76.1 Å². The van der Waals surface area contributed by atoms with E-state index in [4.69, 9.17) is 11.6 Å². The zero-order valence-electron chi connectivity index (χ0n) is 13.3. The van der Waals surface area contributed by atoms with Crippen LogP contribution in [-0.4, -0.2) is 25.1 Å². The van der Waals surface area contributed by atoms with Crippen molar-refractivity contribution < 1.29 is 13.2 Å². The zero-order valence-corrected chi connectivity index (χ0v) is 15.7. The van der Waals surface area contributed by atoms with Gasteiger partial charge in [0.1, 0.15) is 0 Å². The third-order valence-corrected chi connectivity index (χ3v) is 6.48. The van der Waals surface area contributed by atoms with E-state index in [1.54, 1.807) is 23.5 Å². The summed E-state index contributed by atoms with van der Waals surface area (Å²) in [4.78, 5) is 16.6. The molecule has 1 amide bonds. The van der Waals surface area contributed by atoms with Gasteiger partial charge in [-0.2, -0.15) is 0 Å². The van der Waals surface area contributed by atoms with E-state index >= 15 is 0 Å². The fourth-order valence-electron chi connectivity index (χ4n) is 2.33. The van der Waals surface area contributed by atoms with Crippen molar-refractivity contribution in [3.05, 3.63) is 52.5 Å². The van der Waals surface area contributed by atoms with E-state index in [-0.39, 0.29) is 23.0 Å². The first kappa shape index (κ1) is 17.8. The van der Waals surface area contributed by atoms with Gasteiger partial charge < -0.3 is 5.32 Å². The molecule has 0 bridgehead atoms. The lowest BCUT2D eigenvalue weighted by molar-refractivity contribution is -0.115. The third-order valence-electron chi connectivity index (χ3n) is 3.55. The average molecular weight is 395 g/mol. The van der Waals surface area contributed by atoms with Gasteiger partial charge in [-0.25, -0.2) is 13.4 Å². The molecule has 3 aromatic rings. The van der Waals surface area contributed by atoms with Crippen LogP contribution in [0, 0.1) is 6.92 Å². The summed E-state index contributed by atoms with van der Waals surface area (Å²) in [6.07, 6.45) is -0.126. The van der Waals surface area contributed by atoms with Gasteiger partial charge in [-0.15, -0.1) is 11.3 Å². The van der Waals surface area contributed by atoms with Crippen LogP contribution in [-0.2, 0) is 14.6 Å². The van der Waals surface area contributed by atoms with Gasteiger partial charge in [0.2, 0.25) is 5.91 Å². The normalized spacial score (nSPS) is 11.6. The molecular formula is C17H15ClN2O3S2. The standard InChI is InChI=1S/C17H15ClN2O3S2/c1-11-19-15-10-13(4-7-16(15)24-11)20-17(21)8-9-25(22,23)14-5-2-12(18)3-6-14/h2-7,10H,8-9H2,1H3,(H,20,21). The fraction of sp³-hybridized carbons (Fsp3) is 0.176. The number of hydrogen-bond donors (Lipinski definition) is 1. The molecule has 25 heavy (non-hydrogen) atoms. The molecule has 5 nitrogen and oxygen atoms in total. The smallest absolute Gasteiger partial charge is 0.225 e. The largest absolute Gasteiger partial charge is 0.326 e. The van der Waals surface area contributed by atoms with Crippen molar-refractivity contribution in [2.75, 3.05) is 11.1 Å². The maximum absolute atomic E-state index is 12.2. The molecule has 0 unspecified atom stereocenters. The van der Waals surface area contributed by atoms with Gasteiger partial charge in [0.25, 0.3) is 0 Å². The van der Waals surface area contributed by atoms with E-state index in [0.717, 1.165) is 15.2 Å². The lowest BCUT2D eigenvalue weighted by Crippen LogP contribution is -2.17. The lowest BCUT2D eigenvalue weighted by atomic mass is 10.3. The minimum Gasteiger partial charge on any atom is -0.326 e. The predicted octanol–water partition coefficient (Wildman–Crippen LogP) is 4.06. The maximum atomic E-state index is 12.2. The molecule has 0 aliphatic rings. The number of anilines is 1. The minimum absolute atomic E-state index is 0.126. The lowest BCUT2D eigenvalue weighted by Gasteiger charge is -2.06. The van der Waals surface area contributed by atoms with Gasteiger partial charge in [-0.05, 0) is 49.4 Å². The van der Waals surface area contributed by atoms with Crippen LogP contribution in [0.3, 0.4) is 0 Å². The van der Waals surface area contributed by atoms with Crippen LogP contribution in [0.25, 0.3) is 10.2 Å². The number of amides is 1. The van der Waals surface area contributed by atoms with Crippen molar-refractivity contribution >= 4 is 54.6 Å². The first-order chi connectivity index (χ1) is 11.8. The summed E-state index contributed by atoms with van der Waals surface area (Å²) in [5.41, 5.74) is 1.42. The molecule has 0 aliphatic heterocycles. The van der Waals surface area contributed by atoms with Gasteiger partial charge in [0.05, 0.1) is 25.9 Å². The Balaban J connectivity index is 1.64. The number of nitrogens with one attached hydrogen (secondary N) is 1. The number of carbonyl (C=O) groups excluding carboxylic acids is 1. The summed E-state index contributed by atoms with van der Waals surface area (Å²) in [5, 5.41) is 4.13. The number of halogens is 1. The number of nitrogens with zero attached hydrogens (tertiary/aromatic N) is 1. The predicted molar refractivity (Wildman–Crippen MR) is 101 cm³/mol. The fourth-order valence-corrected chi connectivity index (χ4v) is 4.50. The molecule has 1 heterocycles. The van der Waals surface area contributed by atoms with Crippen LogP contribution in [0.1, 0.15) is 11.4 Å². The highest BCUT2D eigenvalue weighted by atomic mass is 35.5. The van der Waals surface area contributed by atoms with E-state index in [2.05, 4.69) is 10.3 Å². The van der Waals surface area contributed by atoms with E-state index in [1.165, 1.54) is 24.3 Å². The Morgan fingerprint density at radius 3 is 2.64 bits per heavy atom. The first-order valence-corrected chi connectivity index (χ1v) is 10.3. The summed E-state index contributed by atoms with van der Waals surface area (Å²) in [6, 6.07) is 11.4. The highest BCUT2D eigenvalue weighted by molar-refractivity contribution is 7.91. The van der Waals surface area contributed by atoms with Gasteiger partial charge in [0, 0.05) is 17.1 Å².